The molecule has 162 valence electrons. The number of ether oxygens (including phenoxy) is 5. The van der Waals surface area contributed by atoms with Crippen molar-refractivity contribution >= 4 is 0 Å². The van der Waals surface area contributed by atoms with Gasteiger partial charge in [-0.25, -0.2) is 0 Å². The molecule has 2 aromatic rings. The lowest BCUT2D eigenvalue weighted by Crippen LogP contribution is -2.27. The molecule has 30 heavy (non-hydrogen) atoms. The highest BCUT2D eigenvalue weighted by atomic mass is 16.6. The van der Waals surface area contributed by atoms with Crippen molar-refractivity contribution in [2.75, 3.05) is 28.4 Å². The fourth-order valence-corrected chi connectivity index (χ4v) is 3.07. The van der Waals surface area contributed by atoms with Gasteiger partial charge in [0.2, 0.25) is 6.04 Å². The van der Waals surface area contributed by atoms with Crippen molar-refractivity contribution in [2.45, 2.75) is 25.2 Å². The minimum absolute atomic E-state index is 0.379. The van der Waals surface area contributed by atoms with Crippen LogP contribution in [0.25, 0.3) is 0 Å². The van der Waals surface area contributed by atoms with Gasteiger partial charge in [-0.05, 0) is 35.4 Å². The maximum atomic E-state index is 11.6. The lowest BCUT2D eigenvalue weighted by atomic mass is 10.0. The van der Waals surface area contributed by atoms with Gasteiger partial charge >= 0.3 is 0 Å². The second-order valence-electron chi connectivity index (χ2n) is 6.47. The van der Waals surface area contributed by atoms with Crippen LogP contribution >= 0.6 is 0 Å². The first-order valence-electron chi connectivity index (χ1n) is 9.25. The largest absolute Gasteiger partial charge is 0.493 e. The minimum Gasteiger partial charge on any atom is -0.493 e. The summed E-state index contributed by atoms with van der Waals surface area (Å²) in [4.78, 5) is 11.2. The molecule has 0 amide bonds. The first-order valence-corrected chi connectivity index (χ1v) is 9.25. The van der Waals surface area contributed by atoms with Crippen LogP contribution in [0.1, 0.15) is 30.3 Å². The Morgan fingerprint density at radius 1 is 0.867 bits per heavy atom. The molecule has 3 atom stereocenters. The number of benzene rings is 2. The molecule has 0 aliphatic rings. The monoisotopic (exact) mass is 417 g/mol. The first-order chi connectivity index (χ1) is 14.4. The van der Waals surface area contributed by atoms with Crippen molar-refractivity contribution < 1.29 is 28.6 Å². The summed E-state index contributed by atoms with van der Waals surface area (Å²) in [5.41, 5.74) is 1.31. The zero-order valence-corrected chi connectivity index (χ0v) is 17.8. The lowest BCUT2D eigenvalue weighted by Gasteiger charge is -2.25. The van der Waals surface area contributed by atoms with Crippen LogP contribution in [-0.4, -0.2) is 39.4 Å². The maximum absolute atomic E-state index is 11.6. The molecule has 0 bridgehead atoms. The summed E-state index contributed by atoms with van der Waals surface area (Å²) in [6, 6.07) is 9.38. The Hall–Kier alpha value is -3.26. The molecule has 0 spiro atoms. The number of nitrogens with zero attached hydrogens (tertiary/aromatic N) is 1. The molecule has 2 aromatic carbocycles. The first kappa shape index (κ1) is 23.0. The van der Waals surface area contributed by atoms with Crippen LogP contribution in [-0.2, 0) is 4.74 Å². The Kier molecular flexibility index (Phi) is 8.06. The molecule has 8 nitrogen and oxygen atoms in total. The molecule has 0 aliphatic carbocycles. The summed E-state index contributed by atoms with van der Waals surface area (Å²) in [7, 11) is 6.11. The van der Waals surface area contributed by atoms with Crippen molar-refractivity contribution in [2.24, 2.45) is 0 Å². The second-order valence-corrected chi connectivity index (χ2v) is 6.47. The van der Waals surface area contributed by atoms with Crippen molar-refractivity contribution in [3.63, 3.8) is 0 Å². The summed E-state index contributed by atoms with van der Waals surface area (Å²) >= 11 is 0. The molecular weight excluding hydrogens is 390 g/mol. The van der Waals surface area contributed by atoms with Crippen LogP contribution in [0.4, 0.5) is 0 Å². The zero-order chi connectivity index (χ0) is 22.3. The Bertz CT molecular complexity index is 884. The quantitative estimate of drug-likeness (QED) is 0.305. The van der Waals surface area contributed by atoms with E-state index in [1.165, 1.54) is 28.3 Å². The molecule has 8 heteroatoms. The van der Waals surface area contributed by atoms with E-state index in [0.717, 1.165) is 5.56 Å². The standard InChI is InChI=1S/C22H27NO7/c1-7-17(15-8-10-18(26-3)20(12-15)28-5)30-22(14(2)23(24)25)16-9-11-19(27-4)21(13-16)29-6/h7-14,17,22H,1H2,2-6H3/t14?,17-,22-/m0/s1. The van der Waals surface area contributed by atoms with E-state index in [4.69, 9.17) is 23.7 Å². The van der Waals surface area contributed by atoms with Gasteiger partial charge in [0.05, 0.1) is 28.4 Å². The average molecular weight is 417 g/mol. The summed E-state index contributed by atoms with van der Waals surface area (Å²) < 4.78 is 27.4. The van der Waals surface area contributed by atoms with Crippen LogP contribution in [0.15, 0.2) is 49.1 Å². The summed E-state index contributed by atoms with van der Waals surface area (Å²) in [5, 5.41) is 11.6. The topological polar surface area (TPSA) is 89.3 Å². The van der Waals surface area contributed by atoms with E-state index >= 15 is 0 Å². The van der Waals surface area contributed by atoms with Crippen LogP contribution in [0.5, 0.6) is 23.0 Å². The third-order valence-electron chi connectivity index (χ3n) is 4.75. The fourth-order valence-electron chi connectivity index (χ4n) is 3.07. The second kappa shape index (κ2) is 10.5. The van der Waals surface area contributed by atoms with E-state index in [0.29, 0.717) is 28.6 Å². The molecule has 2 rings (SSSR count). The molecule has 0 saturated carbocycles. The Morgan fingerprint density at radius 3 is 1.77 bits per heavy atom. The van der Waals surface area contributed by atoms with E-state index in [9.17, 15) is 10.1 Å². The van der Waals surface area contributed by atoms with Crippen LogP contribution in [0.3, 0.4) is 0 Å². The number of methoxy groups -OCH3 is 4. The molecule has 0 aromatic heterocycles. The Morgan fingerprint density at radius 2 is 1.33 bits per heavy atom. The Labute approximate surface area is 176 Å². The van der Waals surface area contributed by atoms with Crippen molar-refractivity contribution in [1.82, 2.24) is 0 Å². The molecule has 0 N–H and O–H groups in total. The van der Waals surface area contributed by atoms with Gasteiger partial charge < -0.3 is 23.7 Å². The van der Waals surface area contributed by atoms with Gasteiger partial charge in [0.1, 0.15) is 6.10 Å². The lowest BCUT2D eigenvalue weighted by molar-refractivity contribution is -0.533. The molecule has 0 fully saturated rings. The summed E-state index contributed by atoms with van der Waals surface area (Å²) in [6.07, 6.45) is 0.1000. The highest BCUT2D eigenvalue weighted by Crippen LogP contribution is 2.38. The Balaban J connectivity index is 2.45. The van der Waals surface area contributed by atoms with Gasteiger partial charge in [0.15, 0.2) is 29.1 Å². The highest BCUT2D eigenvalue weighted by molar-refractivity contribution is 5.45. The number of hydrogen-bond donors (Lipinski definition) is 0. The van der Waals surface area contributed by atoms with Crippen LogP contribution < -0.4 is 18.9 Å². The van der Waals surface area contributed by atoms with E-state index < -0.39 is 18.2 Å². The smallest absolute Gasteiger partial charge is 0.240 e. The summed E-state index contributed by atoms with van der Waals surface area (Å²) in [6.45, 7) is 5.33. The molecule has 0 aliphatic heterocycles. The maximum Gasteiger partial charge on any atom is 0.240 e. The predicted octanol–water partition coefficient (Wildman–Crippen LogP) is 4.37. The van der Waals surface area contributed by atoms with Gasteiger partial charge in [0.25, 0.3) is 0 Å². The molecule has 0 radical (unpaired) electrons. The number of rotatable bonds is 11. The number of nitro groups is 1. The summed E-state index contributed by atoms with van der Waals surface area (Å²) in [5.74, 6) is 2.07. The third kappa shape index (κ3) is 5.01. The third-order valence-corrected chi connectivity index (χ3v) is 4.75. The molecule has 1 unspecified atom stereocenters. The van der Waals surface area contributed by atoms with Gasteiger partial charge in [0, 0.05) is 11.8 Å². The van der Waals surface area contributed by atoms with Gasteiger partial charge in [-0.15, -0.1) is 6.58 Å². The highest BCUT2D eigenvalue weighted by Gasteiger charge is 2.32. The van der Waals surface area contributed by atoms with Crippen LogP contribution in [0, 0.1) is 10.1 Å². The normalized spacial score (nSPS) is 13.6. The molecular formula is C22H27NO7. The van der Waals surface area contributed by atoms with E-state index in [1.54, 1.807) is 49.6 Å². The van der Waals surface area contributed by atoms with E-state index in [2.05, 4.69) is 6.58 Å². The predicted molar refractivity (Wildman–Crippen MR) is 112 cm³/mol. The van der Waals surface area contributed by atoms with Crippen molar-refractivity contribution in [3.05, 3.63) is 70.3 Å². The van der Waals surface area contributed by atoms with Crippen molar-refractivity contribution in [1.29, 1.82) is 0 Å². The van der Waals surface area contributed by atoms with E-state index in [1.807, 2.05) is 0 Å². The average Bonchev–Trinajstić information content (AvgIpc) is 2.78. The van der Waals surface area contributed by atoms with Gasteiger partial charge in [-0.2, -0.15) is 0 Å². The minimum atomic E-state index is -1.02. The van der Waals surface area contributed by atoms with Crippen LogP contribution in [0.2, 0.25) is 0 Å². The number of hydrogen-bond acceptors (Lipinski definition) is 7. The zero-order valence-electron chi connectivity index (χ0n) is 17.8. The SMILES string of the molecule is C=C[C@H](O[C@H](c1ccc(OC)c(OC)c1)C(C)[N+](=O)[O-])c1ccc(OC)c(OC)c1. The molecule has 0 heterocycles. The van der Waals surface area contributed by atoms with Crippen molar-refractivity contribution in [3.8, 4) is 23.0 Å². The van der Waals surface area contributed by atoms with Gasteiger partial charge in [-0.1, -0.05) is 18.2 Å². The van der Waals surface area contributed by atoms with E-state index in [-0.39, 0.29) is 4.92 Å². The van der Waals surface area contributed by atoms with Gasteiger partial charge in [-0.3, -0.25) is 10.1 Å². The molecule has 0 saturated heterocycles. The fraction of sp³-hybridized carbons (Fsp3) is 0.364.